The fraction of sp³-hybridized carbons (Fsp3) is 0. The number of carbonyl (C=O) groups excluding carboxylic acids is 1. The van der Waals surface area contributed by atoms with Crippen molar-refractivity contribution >= 4 is 16.3 Å². The fourth-order valence-electron chi connectivity index (χ4n) is 0.196. The smallest absolute Gasteiger partial charge is 0.236 e. The fourth-order valence-corrected chi connectivity index (χ4v) is 0.363. The molecule has 8 heavy (non-hydrogen) atoms. The van der Waals surface area contributed by atoms with Gasteiger partial charge in [-0.05, 0) is 0 Å². The van der Waals surface area contributed by atoms with Crippen molar-refractivity contribution in [2.24, 2.45) is 0 Å². The van der Waals surface area contributed by atoms with Gasteiger partial charge in [0.15, 0.2) is 0 Å². The summed E-state index contributed by atoms with van der Waals surface area (Å²) in [6.45, 7) is 0. The van der Waals surface area contributed by atoms with Gasteiger partial charge in [-0.15, -0.1) is 0 Å². The SMILES string of the molecule is N#CC=CC(=O)N[SiH3]. The Morgan fingerprint density at radius 2 is 2.50 bits per heavy atom. The standard InChI is InChI=1S/C4H6N2OSi/c5-3-1-2-4(7)6-8/h1-2H,8H3,(H,6,7). The van der Waals surface area contributed by atoms with Gasteiger partial charge in [0.05, 0.1) is 6.07 Å². The molecule has 0 aliphatic rings. The molecular formula is C4H6N2OSi. The first-order valence-corrected chi connectivity index (χ1v) is 3.09. The zero-order valence-electron chi connectivity index (χ0n) is 4.51. The molecule has 42 valence electrons. The maximum Gasteiger partial charge on any atom is 0.236 e. The number of amides is 1. The Kier molecular flexibility index (Phi) is 3.53. The van der Waals surface area contributed by atoms with Gasteiger partial charge in [0, 0.05) is 12.2 Å². The average molecular weight is 126 g/mol. The van der Waals surface area contributed by atoms with Crippen LogP contribution in [-0.4, -0.2) is 16.3 Å². The van der Waals surface area contributed by atoms with Gasteiger partial charge >= 0.3 is 0 Å². The maximum absolute atomic E-state index is 10.3. The Bertz CT molecular complexity index is 147. The van der Waals surface area contributed by atoms with Crippen molar-refractivity contribution < 1.29 is 4.79 Å². The van der Waals surface area contributed by atoms with Crippen molar-refractivity contribution in [3.8, 4) is 6.07 Å². The van der Waals surface area contributed by atoms with Gasteiger partial charge < -0.3 is 4.98 Å². The molecular weight excluding hydrogens is 120 g/mol. The summed E-state index contributed by atoms with van der Waals surface area (Å²) in [5.74, 6) is -0.196. The van der Waals surface area contributed by atoms with Gasteiger partial charge in [0.25, 0.3) is 0 Å². The molecule has 0 bridgehead atoms. The Hall–Kier alpha value is -1.08. The molecule has 0 heterocycles. The van der Waals surface area contributed by atoms with Crippen molar-refractivity contribution in [1.29, 1.82) is 5.26 Å². The van der Waals surface area contributed by atoms with Crippen LogP contribution in [0, 0.1) is 11.3 Å². The van der Waals surface area contributed by atoms with Gasteiger partial charge in [-0.2, -0.15) is 5.26 Å². The minimum Gasteiger partial charge on any atom is -0.387 e. The monoisotopic (exact) mass is 126 g/mol. The van der Waals surface area contributed by atoms with Crippen LogP contribution in [0.3, 0.4) is 0 Å². The molecule has 0 aromatic rings. The first-order valence-electron chi connectivity index (χ1n) is 2.09. The topological polar surface area (TPSA) is 52.9 Å². The molecule has 1 N–H and O–H groups in total. The highest BCUT2D eigenvalue weighted by molar-refractivity contribution is 6.16. The summed E-state index contributed by atoms with van der Waals surface area (Å²) in [6, 6.07) is 1.71. The van der Waals surface area contributed by atoms with Crippen molar-refractivity contribution in [3.05, 3.63) is 12.2 Å². The third-order valence-electron chi connectivity index (χ3n) is 0.556. The summed E-state index contributed by atoms with van der Waals surface area (Å²) in [4.78, 5) is 12.7. The predicted octanol–water partition coefficient (Wildman–Crippen LogP) is -1.54. The van der Waals surface area contributed by atoms with E-state index >= 15 is 0 Å². The summed E-state index contributed by atoms with van der Waals surface area (Å²) in [7, 11) is 0.629. The molecule has 0 aromatic heterocycles. The van der Waals surface area contributed by atoms with Crippen LogP contribution < -0.4 is 4.98 Å². The molecule has 0 unspecified atom stereocenters. The highest BCUT2D eigenvalue weighted by Gasteiger charge is 1.82. The summed E-state index contributed by atoms with van der Waals surface area (Å²) < 4.78 is 0. The number of nitrogens with one attached hydrogen (secondary N) is 1. The molecule has 4 heteroatoms. The van der Waals surface area contributed by atoms with Crippen LogP contribution in [-0.2, 0) is 4.79 Å². The molecule has 0 saturated carbocycles. The summed E-state index contributed by atoms with van der Waals surface area (Å²) in [5, 5.41) is 7.91. The number of carbonyl (C=O) groups is 1. The molecule has 0 saturated heterocycles. The third kappa shape index (κ3) is 3.12. The highest BCUT2D eigenvalue weighted by Crippen LogP contribution is 1.66. The molecule has 0 aromatic carbocycles. The second-order valence-electron chi connectivity index (χ2n) is 1.08. The number of allylic oxidation sites excluding steroid dienone is 1. The first-order chi connectivity index (χ1) is 3.81. The van der Waals surface area contributed by atoms with Gasteiger partial charge in [-0.3, -0.25) is 4.79 Å². The molecule has 0 fully saturated rings. The van der Waals surface area contributed by atoms with Crippen LogP contribution in [0.1, 0.15) is 0 Å². The van der Waals surface area contributed by atoms with E-state index in [-0.39, 0.29) is 5.91 Å². The van der Waals surface area contributed by atoms with Crippen molar-refractivity contribution in [2.45, 2.75) is 0 Å². The second kappa shape index (κ2) is 4.09. The van der Waals surface area contributed by atoms with E-state index in [9.17, 15) is 4.79 Å². The molecule has 1 amide bonds. The predicted molar refractivity (Wildman–Crippen MR) is 32.8 cm³/mol. The second-order valence-corrected chi connectivity index (χ2v) is 1.58. The molecule has 3 nitrogen and oxygen atoms in total. The average Bonchev–Trinajstić information content (AvgIpc) is 1.83. The van der Waals surface area contributed by atoms with Crippen LogP contribution >= 0.6 is 0 Å². The van der Waals surface area contributed by atoms with E-state index in [2.05, 4.69) is 4.98 Å². The van der Waals surface area contributed by atoms with E-state index in [1.165, 1.54) is 6.08 Å². The lowest BCUT2D eigenvalue weighted by atomic mass is 10.5. The van der Waals surface area contributed by atoms with E-state index < -0.39 is 0 Å². The van der Waals surface area contributed by atoms with Gasteiger partial charge in [0.2, 0.25) is 5.91 Å². The normalized spacial score (nSPS) is 8.88. The Labute approximate surface area is 50.5 Å². The molecule has 0 aliphatic heterocycles. The van der Waals surface area contributed by atoms with Crippen molar-refractivity contribution in [1.82, 2.24) is 4.98 Å². The van der Waals surface area contributed by atoms with E-state index in [0.29, 0.717) is 10.4 Å². The quantitative estimate of drug-likeness (QED) is 0.263. The molecule has 0 atom stereocenters. The lowest BCUT2D eigenvalue weighted by Gasteiger charge is -1.84. The Morgan fingerprint density at radius 3 is 2.88 bits per heavy atom. The maximum atomic E-state index is 10.3. The van der Waals surface area contributed by atoms with E-state index in [1.807, 2.05) is 0 Å². The zero-order chi connectivity index (χ0) is 6.41. The summed E-state index contributed by atoms with van der Waals surface area (Å²) in [5.41, 5.74) is 0. The van der Waals surface area contributed by atoms with Crippen LogP contribution in [0.5, 0.6) is 0 Å². The minimum atomic E-state index is -0.196. The lowest BCUT2D eigenvalue weighted by Crippen LogP contribution is -2.15. The summed E-state index contributed by atoms with van der Waals surface area (Å²) in [6.07, 6.45) is 2.35. The number of nitriles is 1. The van der Waals surface area contributed by atoms with Crippen molar-refractivity contribution in [3.63, 3.8) is 0 Å². The van der Waals surface area contributed by atoms with Crippen LogP contribution in [0.4, 0.5) is 0 Å². The number of nitrogens with zero attached hydrogens (tertiary/aromatic N) is 1. The van der Waals surface area contributed by atoms with E-state index in [4.69, 9.17) is 5.26 Å². The largest absolute Gasteiger partial charge is 0.387 e. The number of rotatable bonds is 1. The number of hydrogen-bond acceptors (Lipinski definition) is 2. The van der Waals surface area contributed by atoms with Crippen molar-refractivity contribution in [2.75, 3.05) is 0 Å². The van der Waals surface area contributed by atoms with Gasteiger partial charge in [-0.25, -0.2) is 0 Å². The van der Waals surface area contributed by atoms with Gasteiger partial charge in [-0.1, -0.05) is 0 Å². The molecule has 0 spiro atoms. The van der Waals surface area contributed by atoms with Gasteiger partial charge in [0.1, 0.15) is 10.4 Å². The third-order valence-corrected chi connectivity index (χ3v) is 1.05. The van der Waals surface area contributed by atoms with Crippen LogP contribution in [0.25, 0.3) is 0 Å². The minimum absolute atomic E-state index is 0.196. The van der Waals surface area contributed by atoms with Crippen LogP contribution in [0.2, 0.25) is 0 Å². The first kappa shape index (κ1) is 6.92. The Morgan fingerprint density at radius 1 is 1.88 bits per heavy atom. The molecule has 0 aliphatic carbocycles. The number of hydrogen-bond donors (Lipinski definition) is 1. The summed E-state index contributed by atoms with van der Waals surface area (Å²) >= 11 is 0. The van der Waals surface area contributed by atoms with E-state index in [0.717, 1.165) is 6.08 Å². The Balaban J connectivity index is 3.57. The highest BCUT2D eigenvalue weighted by atomic mass is 28.2. The molecule has 0 radical (unpaired) electrons. The zero-order valence-corrected chi connectivity index (χ0v) is 6.51. The molecule has 0 rings (SSSR count). The van der Waals surface area contributed by atoms with Crippen LogP contribution in [0.15, 0.2) is 12.2 Å². The lowest BCUT2D eigenvalue weighted by molar-refractivity contribution is -0.114. The van der Waals surface area contributed by atoms with E-state index in [1.54, 1.807) is 6.07 Å².